The van der Waals surface area contributed by atoms with Gasteiger partial charge in [-0.2, -0.15) is 13.2 Å². The zero-order valence-corrected chi connectivity index (χ0v) is 20.2. The van der Waals surface area contributed by atoms with Crippen LogP contribution in [0.5, 0.6) is 5.75 Å². The maximum atomic E-state index is 13.5. The van der Waals surface area contributed by atoms with E-state index >= 15 is 0 Å². The molecule has 1 unspecified atom stereocenters. The molecule has 1 atom stereocenters. The Kier molecular flexibility index (Phi) is 7.23. The third kappa shape index (κ3) is 6.26. The number of halogens is 3. The van der Waals surface area contributed by atoms with Crippen molar-refractivity contribution in [1.82, 2.24) is 20.7 Å². The van der Waals surface area contributed by atoms with Crippen LogP contribution in [0, 0.1) is 17.8 Å². The number of nitrogens with one attached hydrogen (secondary N) is 2. The van der Waals surface area contributed by atoms with Crippen LogP contribution in [0.1, 0.15) is 24.1 Å². The molecule has 1 amide bonds. The van der Waals surface area contributed by atoms with E-state index in [1.165, 1.54) is 36.0 Å². The number of nitrogens with zero attached hydrogens (tertiary/aromatic N) is 3. The van der Waals surface area contributed by atoms with Crippen molar-refractivity contribution in [1.29, 1.82) is 0 Å². The third-order valence-electron chi connectivity index (χ3n) is 5.35. The van der Waals surface area contributed by atoms with Gasteiger partial charge in [0, 0.05) is 31.1 Å². The summed E-state index contributed by atoms with van der Waals surface area (Å²) in [6.07, 6.45) is -0.855. The highest BCUT2D eigenvalue weighted by atomic mass is 32.2. The number of pyridine rings is 1. The molecule has 2 heterocycles. The third-order valence-corrected chi connectivity index (χ3v) is 6.23. The number of aromatic nitrogens is 1. The zero-order valence-electron chi connectivity index (χ0n) is 19.4. The van der Waals surface area contributed by atoms with Crippen molar-refractivity contribution in [2.75, 3.05) is 21.2 Å². The van der Waals surface area contributed by atoms with Gasteiger partial charge in [-0.05, 0) is 37.1 Å². The lowest BCUT2D eigenvalue weighted by Gasteiger charge is -2.16. The second-order valence-corrected chi connectivity index (χ2v) is 9.41. The number of amidine groups is 1. The van der Waals surface area contributed by atoms with Crippen molar-refractivity contribution in [2.45, 2.75) is 30.8 Å². The number of aliphatic imine (C=N–C) groups is 1. The quantitative estimate of drug-likeness (QED) is 0.602. The van der Waals surface area contributed by atoms with Gasteiger partial charge < -0.3 is 9.64 Å². The smallest absolute Gasteiger partial charge is 0.416 e. The van der Waals surface area contributed by atoms with Gasteiger partial charge in [-0.15, -0.1) is 0 Å². The predicted molar refractivity (Wildman–Crippen MR) is 129 cm³/mol. The van der Waals surface area contributed by atoms with Gasteiger partial charge in [0.25, 0.3) is 0 Å². The Morgan fingerprint density at radius 1 is 1.26 bits per heavy atom. The number of likely N-dealkylation sites (N-methyl/N-ethyl adjacent to an activating group) is 1. The van der Waals surface area contributed by atoms with Crippen molar-refractivity contribution in [3.05, 3.63) is 41.7 Å². The number of amides is 1. The monoisotopic (exact) mass is 503 g/mol. The number of thioether (sulfide) groups is 1. The lowest BCUT2D eigenvalue weighted by Crippen LogP contribution is -2.30. The lowest BCUT2D eigenvalue weighted by molar-refractivity contribution is -0.137. The van der Waals surface area contributed by atoms with Crippen LogP contribution in [0.3, 0.4) is 0 Å². The second-order valence-electron chi connectivity index (χ2n) is 8.32. The van der Waals surface area contributed by atoms with Gasteiger partial charge in [0.05, 0.1) is 36.7 Å². The molecule has 11 heteroatoms. The van der Waals surface area contributed by atoms with Crippen molar-refractivity contribution in [3.63, 3.8) is 0 Å². The van der Waals surface area contributed by atoms with Gasteiger partial charge in [-0.1, -0.05) is 23.6 Å². The summed E-state index contributed by atoms with van der Waals surface area (Å²) in [5.74, 6) is 6.85. The summed E-state index contributed by atoms with van der Waals surface area (Å²) >= 11 is 1.37. The molecule has 1 aliphatic heterocycles. The molecule has 0 bridgehead atoms. The van der Waals surface area contributed by atoms with E-state index in [4.69, 9.17) is 4.74 Å². The fourth-order valence-electron chi connectivity index (χ4n) is 3.25. The van der Waals surface area contributed by atoms with Gasteiger partial charge >= 0.3 is 6.18 Å². The number of benzene rings is 1. The number of ether oxygens (including phenoxy) is 1. The fraction of sp³-hybridized carbons (Fsp3) is 0.375. The molecule has 1 aromatic heterocycles. The van der Waals surface area contributed by atoms with E-state index in [0.717, 1.165) is 25.0 Å². The number of hydrogen-bond acceptors (Lipinski definition) is 6. The Morgan fingerprint density at radius 2 is 2.03 bits per heavy atom. The molecule has 2 N–H and O–H groups in total. The number of alkyl halides is 3. The van der Waals surface area contributed by atoms with Crippen molar-refractivity contribution in [3.8, 4) is 28.7 Å². The summed E-state index contributed by atoms with van der Waals surface area (Å²) in [7, 11) is 4.63. The number of hydrazine groups is 1. The molecular weight excluding hydrogens is 479 g/mol. The molecule has 2 aliphatic rings. The molecule has 7 nitrogen and oxygen atoms in total. The van der Waals surface area contributed by atoms with Crippen LogP contribution in [0.4, 0.5) is 18.9 Å². The molecule has 2 fully saturated rings. The van der Waals surface area contributed by atoms with Crippen LogP contribution < -0.4 is 15.6 Å². The normalized spacial score (nSPS) is 18.6. The van der Waals surface area contributed by atoms with Crippen molar-refractivity contribution in [2.24, 2.45) is 10.9 Å². The molecular formula is C24H24F3N5O2S. The maximum Gasteiger partial charge on any atom is 0.416 e. The summed E-state index contributed by atoms with van der Waals surface area (Å²) in [4.78, 5) is 22.6. The number of carbonyl (C=O) groups is 1. The Hall–Kier alpha value is -3.23. The molecule has 1 saturated carbocycles. The van der Waals surface area contributed by atoms with Gasteiger partial charge in [0.2, 0.25) is 5.91 Å². The topological polar surface area (TPSA) is 78.8 Å². The largest absolute Gasteiger partial charge is 0.496 e. The molecule has 0 radical (unpaired) electrons. The second kappa shape index (κ2) is 10.2. The first-order valence-electron chi connectivity index (χ1n) is 10.9. The molecule has 4 rings (SSSR count). The standard InChI is InChI=1S/C24H24F3N5O2S/c1-32(2)22(33)12-16-11-17(18-10-15(24(25,26)27)7-8-20(18)34-3)19(13-28-16)29-23-31-30-21(35-23)9-6-14-4-5-14/h7-8,10-11,13-14,21,30H,4-5,12H2,1-3H3,(H,29,31). The van der Waals surface area contributed by atoms with Gasteiger partial charge in [0.15, 0.2) is 5.17 Å². The Bertz CT molecular complexity index is 1220. The van der Waals surface area contributed by atoms with Gasteiger partial charge in [0.1, 0.15) is 11.1 Å². The summed E-state index contributed by atoms with van der Waals surface area (Å²) in [6.45, 7) is 0. The molecule has 2 aromatic rings. The van der Waals surface area contributed by atoms with E-state index < -0.39 is 11.7 Å². The van der Waals surface area contributed by atoms with Crippen LogP contribution in [-0.2, 0) is 17.4 Å². The number of methoxy groups -OCH3 is 1. The fourth-order valence-corrected chi connectivity index (χ4v) is 3.99. The molecule has 184 valence electrons. The summed E-state index contributed by atoms with van der Waals surface area (Å²) in [5.41, 5.74) is 6.48. The minimum Gasteiger partial charge on any atom is -0.496 e. The van der Waals surface area contributed by atoms with Gasteiger partial charge in [-0.3, -0.25) is 15.2 Å². The first-order chi connectivity index (χ1) is 16.6. The highest BCUT2D eigenvalue weighted by Gasteiger charge is 2.32. The van der Waals surface area contributed by atoms with E-state index in [1.807, 2.05) is 0 Å². The van der Waals surface area contributed by atoms with E-state index in [9.17, 15) is 18.0 Å². The van der Waals surface area contributed by atoms with E-state index in [-0.39, 0.29) is 29.0 Å². The lowest BCUT2D eigenvalue weighted by atomic mass is 9.99. The maximum absolute atomic E-state index is 13.5. The highest BCUT2D eigenvalue weighted by molar-refractivity contribution is 8.14. The molecule has 0 spiro atoms. The van der Waals surface area contributed by atoms with Crippen LogP contribution >= 0.6 is 11.8 Å². The van der Waals surface area contributed by atoms with Crippen molar-refractivity contribution >= 4 is 28.5 Å². The van der Waals surface area contributed by atoms with Crippen LogP contribution in [0.25, 0.3) is 11.1 Å². The molecule has 1 aromatic carbocycles. The van der Waals surface area contributed by atoms with Crippen LogP contribution in [0.15, 0.2) is 35.5 Å². The minimum atomic E-state index is -4.54. The number of carbonyl (C=O) groups excluding carboxylic acids is 1. The predicted octanol–water partition coefficient (Wildman–Crippen LogP) is 3.97. The minimum absolute atomic E-state index is 0.00842. The zero-order chi connectivity index (χ0) is 25.2. The van der Waals surface area contributed by atoms with Crippen LogP contribution in [0.2, 0.25) is 0 Å². The number of rotatable bonds is 5. The van der Waals surface area contributed by atoms with Crippen LogP contribution in [-0.4, -0.2) is 47.5 Å². The first-order valence-corrected chi connectivity index (χ1v) is 11.7. The Morgan fingerprint density at radius 3 is 2.69 bits per heavy atom. The highest BCUT2D eigenvalue weighted by Crippen LogP contribution is 2.41. The van der Waals surface area contributed by atoms with E-state index in [0.29, 0.717) is 28.0 Å². The van der Waals surface area contributed by atoms with Crippen molar-refractivity contribution < 1.29 is 22.7 Å². The number of hydrogen-bond donors (Lipinski definition) is 2. The Labute approximate surface area is 205 Å². The summed E-state index contributed by atoms with van der Waals surface area (Å²) in [5, 5.41) is 0.317. The average molecular weight is 504 g/mol. The first kappa shape index (κ1) is 24.9. The van der Waals surface area contributed by atoms with E-state index in [1.54, 1.807) is 20.2 Å². The average Bonchev–Trinajstić information content (AvgIpc) is 3.55. The molecule has 1 aliphatic carbocycles. The SMILES string of the molecule is COc1ccc(C(F)(F)F)cc1-c1cc(CC(=O)N(C)C)ncc1N=C1NNC(C#CC2CC2)S1. The summed E-state index contributed by atoms with van der Waals surface area (Å²) in [6, 6.07) is 4.84. The summed E-state index contributed by atoms with van der Waals surface area (Å²) < 4.78 is 45.9. The molecule has 35 heavy (non-hydrogen) atoms. The van der Waals surface area contributed by atoms with Gasteiger partial charge in [-0.25, -0.2) is 10.4 Å². The van der Waals surface area contributed by atoms with E-state index in [2.05, 4.69) is 32.7 Å². The molecule has 1 saturated heterocycles. The Balaban J connectivity index is 1.75.